The summed E-state index contributed by atoms with van der Waals surface area (Å²) in [6.07, 6.45) is 0. The van der Waals surface area contributed by atoms with Gasteiger partial charge >= 0.3 is 47.8 Å². The first-order chi connectivity index (χ1) is 40.0. The van der Waals surface area contributed by atoms with Crippen LogP contribution in [-0.2, 0) is 80.9 Å². The van der Waals surface area contributed by atoms with Gasteiger partial charge in [-0.2, -0.15) is 0 Å². The smallest absolute Gasteiger partial charge is 0.744 e. The summed E-state index contributed by atoms with van der Waals surface area (Å²) in [5.41, 5.74) is 7.43. The van der Waals surface area contributed by atoms with Crippen LogP contribution < -0.4 is 0 Å². The number of benzene rings is 8. The fourth-order valence-electron chi connectivity index (χ4n) is 5.64. The van der Waals surface area contributed by atoms with Gasteiger partial charge in [-0.1, -0.05) is 142 Å². The van der Waals surface area contributed by atoms with Gasteiger partial charge in [0.05, 0.1) is 39.2 Å². The molecule has 90 heavy (non-hydrogen) atoms. The molecule has 0 atom stereocenters. The van der Waals surface area contributed by atoms with Crippen molar-refractivity contribution < 1.29 is 104 Å². The molecule has 0 aromatic heterocycles. The fourth-order valence-corrected chi connectivity index (χ4v) is 9.39. The summed E-state index contributed by atoms with van der Waals surface area (Å²) in [6, 6.07) is 46.3. The van der Waals surface area contributed by atoms with Crippen LogP contribution in [0.4, 0.5) is 0 Å². The molecule has 0 radical (unpaired) electrons. The Morgan fingerprint density at radius 1 is 0.156 bits per heavy atom. The predicted octanol–water partition coefficient (Wildman–Crippen LogP) is 6.43. The molecule has 0 saturated heterocycles. The zero-order valence-electron chi connectivity index (χ0n) is 48.5. The molecule has 24 nitrogen and oxygen atoms in total. The second-order valence-corrected chi connectivity index (χ2v) is 29.2. The van der Waals surface area contributed by atoms with Crippen LogP contribution in [0.3, 0.4) is 0 Å². The summed E-state index contributed by atoms with van der Waals surface area (Å²) in [6.45, 7) is 14.6. The van der Waals surface area contributed by atoms with Crippen molar-refractivity contribution in [1.29, 1.82) is 0 Å². The topological polar surface area (TPSA) is 458 Å². The van der Waals surface area contributed by atoms with Crippen molar-refractivity contribution in [2.24, 2.45) is 0 Å². The van der Waals surface area contributed by atoms with E-state index < -0.39 is 80.9 Å². The number of aryl methyl sites for hydroxylation is 8. The minimum absolute atomic E-state index is 0. The largest absolute Gasteiger partial charge is 4.00 e. The second kappa shape index (κ2) is 38.0. The predicted molar refractivity (Wildman–Crippen MR) is 325 cm³/mol. The molecule has 0 N–H and O–H groups in total. The van der Waals surface area contributed by atoms with E-state index in [9.17, 15) is 104 Å². The standard InChI is InChI=1S/8C7H8O3S.2Sn/c8*1-6-2-4-7(5-3-6)11(8,9)10;;/h8*2-5H,1H3,(H,8,9,10);;/q;;;;;;;;2*+4/p-8. The van der Waals surface area contributed by atoms with Crippen LogP contribution in [0.25, 0.3) is 0 Å². The Kier molecular flexibility index (Phi) is 36.6. The van der Waals surface area contributed by atoms with Crippen LogP contribution in [0.5, 0.6) is 0 Å². The molecule has 0 amide bonds. The third-order valence-corrected chi connectivity index (χ3v) is 17.3. The van der Waals surface area contributed by atoms with Crippen molar-refractivity contribution in [3.05, 3.63) is 239 Å². The Morgan fingerprint density at radius 3 is 0.256 bits per heavy atom. The molecular formula is C56H56O24S8Sn2. The minimum Gasteiger partial charge on any atom is -0.744 e. The second-order valence-electron chi connectivity index (χ2n) is 18.1. The minimum atomic E-state index is -4.27. The maximum absolute atomic E-state index is 10.4. The maximum atomic E-state index is 10.4. The van der Waals surface area contributed by atoms with Crippen LogP contribution in [-0.4, -0.2) is 152 Å². The molecule has 0 heterocycles. The van der Waals surface area contributed by atoms with Crippen molar-refractivity contribution in [2.45, 2.75) is 94.6 Å². The molecule has 0 bridgehead atoms. The first kappa shape index (κ1) is 86.7. The van der Waals surface area contributed by atoms with E-state index in [4.69, 9.17) is 0 Å². The van der Waals surface area contributed by atoms with E-state index >= 15 is 0 Å². The summed E-state index contributed by atoms with van der Waals surface area (Å²) in [5, 5.41) is 0. The van der Waals surface area contributed by atoms with Gasteiger partial charge in [0.2, 0.25) is 0 Å². The van der Waals surface area contributed by atoms with Crippen molar-refractivity contribution in [1.82, 2.24) is 0 Å². The van der Waals surface area contributed by atoms with Crippen LogP contribution in [0, 0.1) is 55.4 Å². The van der Waals surface area contributed by atoms with Gasteiger partial charge in [-0.3, -0.25) is 0 Å². The van der Waals surface area contributed by atoms with Gasteiger partial charge in [-0.15, -0.1) is 0 Å². The molecule has 0 saturated carbocycles. The third kappa shape index (κ3) is 36.6. The van der Waals surface area contributed by atoms with Crippen molar-refractivity contribution in [3.63, 3.8) is 0 Å². The van der Waals surface area contributed by atoms with E-state index in [2.05, 4.69) is 0 Å². The van der Waals surface area contributed by atoms with E-state index in [0.717, 1.165) is 44.5 Å². The number of rotatable bonds is 8. The van der Waals surface area contributed by atoms with Crippen LogP contribution in [0.2, 0.25) is 0 Å². The van der Waals surface area contributed by atoms with Gasteiger partial charge in [0.25, 0.3) is 0 Å². The Labute approximate surface area is 560 Å². The number of hydrogen-bond donors (Lipinski definition) is 0. The van der Waals surface area contributed by atoms with E-state index in [1.165, 1.54) is 97.1 Å². The average Bonchev–Trinajstić information content (AvgIpc) is 3.49. The zero-order chi connectivity index (χ0) is 67.9. The Bertz CT molecular complexity index is 3590. The molecule has 0 aliphatic rings. The third-order valence-electron chi connectivity index (χ3n) is 10.5. The van der Waals surface area contributed by atoms with Gasteiger partial charge in [-0.25, -0.2) is 67.3 Å². The average molecular weight is 1610 g/mol. The van der Waals surface area contributed by atoms with Gasteiger partial charge in [0, 0.05) is 0 Å². The van der Waals surface area contributed by atoms with Crippen LogP contribution >= 0.6 is 0 Å². The molecule has 34 heteroatoms. The molecule has 8 rings (SSSR count). The number of hydrogen-bond acceptors (Lipinski definition) is 24. The van der Waals surface area contributed by atoms with E-state index in [1.807, 2.05) is 55.4 Å². The first-order valence-electron chi connectivity index (χ1n) is 24.2. The summed E-state index contributed by atoms with van der Waals surface area (Å²) in [5.74, 6) is 0. The van der Waals surface area contributed by atoms with E-state index in [1.54, 1.807) is 97.1 Å². The van der Waals surface area contributed by atoms with Crippen molar-refractivity contribution in [2.75, 3.05) is 0 Å². The summed E-state index contributed by atoms with van der Waals surface area (Å²) in [7, 11) is -34.2. The zero-order valence-corrected chi connectivity index (χ0v) is 60.8. The van der Waals surface area contributed by atoms with E-state index in [0.29, 0.717) is 0 Å². The summed E-state index contributed by atoms with van der Waals surface area (Å²) < 4.78 is 249. The Balaban J connectivity index is 0. The van der Waals surface area contributed by atoms with Gasteiger partial charge in [-0.05, 0) is 152 Å². The Morgan fingerprint density at radius 2 is 0.211 bits per heavy atom. The molecule has 0 fully saturated rings. The normalized spacial score (nSPS) is 11.2. The summed E-state index contributed by atoms with van der Waals surface area (Å²) in [4.78, 5) is -1.42. The maximum Gasteiger partial charge on any atom is 4.00 e. The Hall–Kier alpha value is -5.36. The molecular weight excluding hydrogens is 1550 g/mol. The molecule has 8 aromatic rings. The molecule has 0 spiro atoms. The van der Waals surface area contributed by atoms with Crippen molar-refractivity contribution in [3.8, 4) is 0 Å². The van der Waals surface area contributed by atoms with Crippen LogP contribution in [0.15, 0.2) is 233 Å². The first-order valence-corrected chi connectivity index (χ1v) is 35.5. The molecule has 480 valence electrons. The monoisotopic (exact) mass is 1610 g/mol. The van der Waals surface area contributed by atoms with E-state index in [-0.39, 0.29) is 87.0 Å². The molecule has 8 aromatic carbocycles. The fraction of sp³-hybridized carbons (Fsp3) is 0.143. The molecule has 0 aliphatic carbocycles. The van der Waals surface area contributed by atoms with Gasteiger partial charge in [0.15, 0.2) is 0 Å². The molecule has 0 aliphatic heterocycles. The quantitative estimate of drug-likeness (QED) is 0.117. The summed E-state index contributed by atoms with van der Waals surface area (Å²) >= 11 is 0. The van der Waals surface area contributed by atoms with Gasteiger partial charge in [0.1, 0.15) is 80.9 Å². The SMILES string of the molecule is Cc1ccc(S(=O)(=O)[O-])cc1.Cc1ccc(S(=O)(=O)[O-])cc1.Cc1ccc(S(=O)(=O)[O-])cc1.Cc1ccc(S(=O)(=O)[O-])cc1.Cc1ccc(S(=O)(=O)[O-])cc1.Cc1ccc(S(=O)(=O)[O-])cc1.Cc1ccc(S(=O)(=O)[O-])cc1.Cc1ccc(S(=O)(=O)[O-])cc1.[Sn+4].[Sn+4]. The molecule has 0 unspecified atom stereocenters. The van der Waals surface area contributed by atoms with Gasteiger partial charge < -0.3 is 36.4 Å². The van der Waals surface area contributed by atoms with Crippen LogP contribution in [0.1, 0.15) is 44.5 Å². The van der Waals surface area contributed by atoms with Crippen molar-refractivity contribution >= 4 is 129 Å².